The van der Waals surface area contributed by atoms with Gasteiger partial charge in [-0.2, -0.15) is 0 Å². The van der Waals surface area contributed by atoms with E-state index >= 15 is 0 Å². The number of hydrogen-bond acceptors (Lipinski definition) is 3. The minimum absolute atomic E-state index is 0.0370. The van der Waals surface area contributed by atoms with Crippen LogP contribution in [0.15, 0.2) is 11.6 Å². The van der Waals surface area contributed by atoms with E-state index in [9.17, 15) is 19.8 Å². The van der Waals surface area contributed by atoms with Crippen LogP contribution >= 0.6 is 0 Å². The van der Waals surface area contributed by atoms with E-state index in [4.69, 9.17) is 0 Å². The highest BCUT2D eigenvalue weighted by atomic mass is 16.4. The molecule has 4 heteroatoms. The highest BCUT2D eigenvalue weighted by molar-refractivity contribution is 5.96. The Bertz CT molecular complexity index is 953. The molecule has 11 atom stereocenters. The van der Waals surface area contributed by atoms with Crippen molar-refractivity contribution in [2.45, 2.75) is 106 Å². The Morgan fingerprint density at radius 2 is 1.62 bits per heavy atom. The van der Waals surface area contributed by atoms with Crippen LogP contribution in [0.25, 0.3) is 0 Å². The molecule has 0 aliphatic heterocycles. The Balaban J connectivity index is 1.65. The van der Waals surface area contributed by atoms with Gasteiger partial charge in [0.05, 0.1) is 11.5 Å². The molecule has 4 saturated carbocycles. The molecule has 5 aliphatic rings. The molecular formula is C30H46O4. The van der Waals surface area contributed by atoms with E-state index in [1.165, 1.54) is 24.8 Å². The lowest BCUT2D eigenvalue weighted by Gasteiger charge is -2.70. The first-order valence-corrected chi connectivity index (χ1v) is 13.8. The van der Waals surface area contributed by atoms with Crippen molar-refractivity contribution < 1.29 is 19.8 Å². The Labute approximate surface area is 206 Å². The minimum atomic E-state index is -1.20. The number of carboxylic acid groups (broad SMARTS) is 1. The fraction of sp³-hybridized carbons (Fsp3) is 0.867. The molecule has 0 aromatic rings. The van der Waals surface area contributed by atoms with E-state index in [1.54, 1.807) is 6.92 Å². The second-order valence-electron chi connectivity index (χ2n) is 14.4. The first kappa shape index (κ1) is 24.5. The number of aliphatic carboxylic acids is 1. The molecule has 0 saturated heterocycles. The number of aliphatic hydroxyl groups is 1. The number of aliphatic hydroxyl groups excluding tert-OH is 1. The number of carboxylic acids is 1. The summed E-state index contributed by atoms with van der Waals surface area (Å²) in [5, 5.41) is 21.1. The van der Waals surface area contributed by atoms with Gasteiger partial charge in [-0.3, -0.25) is 9.59 Å². The quantitative estimate of drug-likeness (QED) is 0.474. The van der Waals surface area contributed by atoms with Crippen LogP contribution in [0.2, 0.25) is 0 Å². The van der Waals surface area contributed by atoms with Crippen molar-refractivity contribution in [1.29, 1.82) is 0 Å². The number of fused-ring (bicyclic) bond motifs is 7. The molecule has 190 valence electrons. The van der Waals surface area contributed by atoms with Gasteiger partial charge in [-0.1, -0.05) is 47.1 Å². The number of rotatable bonds is 1. The zero-order valence-electron chi connectivity index (χ0n) is 22.4. The summed E-state index contributed by atoms with van der Waals surface area (Å²) in [7, 11) is 0. The monoisotopic (exact) mass is 470 g/mol. The van der Waals surface area contributed by atoms with Gasteiger partial charge in [-0.05, 0) is 110 Å². The third kappa shape index (κ3) is 2.70. The van der Waals surface area contributed by atoms with E-state index in [0.29, 0.717) is 24.2 Å². The summed E-state index contributed by atoms with van der Waals surface area (Å²) in [6.45, 7) is 16.0. The maximum absolute atomic E-state index is 14.2. The molecule has 0 spiro atoms. The van der Waals surface area contributed by atoms with Crippen LogP contribution in [0.1, 0.15) is 99.8 Å². The van der Waals surface area contributed by atoms with Gasteiger partial charge in [0.15, 0.2) is 5.78 Å². The van der Waals surface area contributed by atoms with Crippen molar-refractivity contribution >= 4 is 11.8 Å². The Morgan fingerprint density at radius 1 is 0.941 bits per heavy atom. The summed E-state index contributed by atoms with van der Waals surface area (Å²) in [5.74, 6) is 0.656. The average Bonchev–Trinajstić information content (AvgIpc) is 2.75. The molecule has 0 unspecified atom stereocenters. The van der Waals surface area contributed by atoms with Crippen LogP contribution in [0.4, 0.5) is 0 Å². The third-order valence-corrected chi connectivity index (χ3v) is 13.2. The molecule has 4 nitrogen and oxygen atoms in total. The van der Waals surface area contributed by atoms with E-state index in [0.717, 1.165) is 25.7 Å². The van der Waals surface area contributed by atoms with Crippen LogP contribution in [0.5, 0.6) is 0 Å². The molecule has 0 aromatic heterocycles. The lowest BCUT2D eigenvalue weighted by molar-refractivity contribution is -0.215. The molecule has 0 bridgehead atoms. The standard InChI is InChI=1S/C30H46O4/c1-17-8-11-26(3)14-15-28(5)19(23(26)18(17)2)16-20(31)24-27(4)12-10-22(32)30(7,25(33)34)21(27)9-13-29(24,28)6/h16-18,21-24,32H,8-15H2,1-7H3,(H,33,34)/t17-,18+,21-,22-,23+,24+,26-,27+,28-,29-,30-/m1/s1. The maximum Gasteiger partial charge on any atom is 0.312 e. The van der Waals surface area contributed by atoms with Gasteiger partial charge >= 0.3 is 5.97 Å². The van der Waals surface area contributed by atoms with Crippen LogP contribution in [0.3, 0.4) is 0 Å². The zero-order chi connectivity index (χ0) is 25.1. The van der Waals surface area contributed by atoms with Gasteiger partial charge in [0.2, 0.25) is 0 Å². The molecule has 0 amide bonds. The van der Waals surface area contributed by atoms with Gasteiger partial charge in [0, 0.05) is 5.92 Å². The molecule has 0 radical (unpaired) electrons. The number of allylic oxidation sites excluding steroid dienone is 2. The van der Waals surface area contributed by atoms with E-state index in [1.807, 2.05) is 0 Å². The van der Waals surface area contributed by atoms with Crippen molar-refractivity contribution in [2.75, 3.05) is 0 Å². The van der Waals surface area contributed by atoms with E-state index in [-0.39, 0.29) is 33.9 Å². The van der Waals surface area contributed by atoms with Crippen LogP contribution in [-0.2, 0) is 9.59 Å². The maximum atomic E-state index is 14.2. The third-order valence-electron chi connectivity index (χ3n) is 13.2. The lowest BCUT2D eigenvalue weighted by atomic mass is 9.33. The first-order chi connectivity index (χ1) is 15.7. The van der Waals surface area contributed by atoms with Crippen molar-refractivity contribution in [2.24, 2.45) is 56.7 Å². The first-order valence-electron chi connectivity index (χ1n) is 13.8. The summed E-state index contributed by atoms with van der Waals surface area (Å²) < 4.78 is 0. The van der Waals surface area contributed by atoms with Gasteiger partial charge < -0.3 is 10.2 Å². The van der Waals surface area contributed by atoms with Crippen molar-refractivity contribution in [3.8, 4) is 0 Å². The summed E-state index contributed by atoms with van der Waals surface area (Å²) >= 11 is 0. The predicted molar refractivity (Wildman–Crippen MR) is 133 cm³/mol. The molecule has 4 fully saturated rings. The van der Waals surface area contributed by atoms with Crippen LogP contribution in [0, 0.1) is 56.7 Å². The number of carbonyl (C=O) groups is 2. The van der Waals surface area contributed by atoms with E-state index < -0.39 is 22.9 Å². The zero-order valence-corrected chi connectivity index (χ0v) is 22.4. The lowest BCUT2D eigenvalue weighted by Crippen LogP contribution is -2.68. The smallest absolute Gasteiger partial charge is 0.312 e. The highest BCUT2D eigenvalue weighted by Gasteiger charge is 2.71. The molecule has 5 rings (SSSR count). The van der Waals surface area contributed by atoms with E-state index in [2.05, 4.69) is 47.6 Å². The fourth-order valence-electron chi connectivity index (χ4n) is 10.7. The molecule has 5 aliphatic carbocycles. The summed E-state index contributed by atoms with van der Waals surface area (Å²) in [6, 6.07) is 0. The van der Waals surface area contributed by atoms with Crippen molar-refractivity contribution in [3.05, 3.63) is 11.6 Å². The molecule has 34 heavy (non-hydrogen) atoms. The minimum Gasteiger partial charge on any atom is -0.481 e. The van der Waals surface area contributed by atoms with Crippen LogP contribution < -0.4 is 0 Å². The largest absolute Gasteiger partial charge is 0.481 e. The average molecular weight is 471 g/mol. The fourth-order valence-corrected chi connectivity index (χ4v) is 10.7. The Hall–Kier alpha value is -1.16. The molecule has 2 N–H and O–H groups in total. The second-order valence-corrected chi connectivity index (χ2v) is 14.4. The number of hydrogen-bond donors (Lipinski definition) is 2. The summed E-state index contributed by atoms with van der Waals surface area (Å²) in [6.07, 6.45) is 8.89. The Kier molecular flexibility index (Phi) is 5.20. The van der Waals surface area contributed by atoms with Crippen molar-refractivity contribution in [1.82, 2.24) is 0 Å². The van der Waals surface area contributed by atoms with Gasteiger partial charge in [0.1, 0.15) is 0 Å². The number of carbonyl (C=O) groups excluding carboxylic acids is 1. The predicted octanol–water partition coefficient (Wildman–Crippen LogP) is 6.27. The molecule has 0 heterocycles. The van der Waals surface area contributed by atoms with Gasteiger partial charge in [-0.25, -0.2) is 0 Å². The topological polar surface area (TPSA) is 74.6 Å². The normalized spacial score (nSPS) is 56.9. The Morgan fingerprint density at radius 3 is 2.26 bits per heavy atom. The van der Waals surface area contributed by atoms with Crippen molar-refractivity contribution in [3.63, 3.8) is 0 Å². The molecule has 0 aromatic carbocycles. The SMILES string of the molecule is C[C@H]1[C@H](C)CC[C@]2(C)CC[C@]3(C)C(=CC(=O)[C@H]4[C@@]5(C)CC[C@@H](O)[C@](C)(C(=O)O)[C@@H]5CC[C@]43C)[C@H]12. The highest BCUT2D eigenvalue weighted by Crippen LogP contribution is 2.75. The second kappa shape index (κ2) is 7.20. The summed E-state index contributed by atoms with van der Waals surface area (Å²) in [5.41, 5.74) is -0.124. The van der Waals surface area contributed by atoms with Gasteiger partial charge in [-0.15, -0.1) is 0 Å². The number of ketones is 1. The van der Waals surface area contributed by atoms with Gasteiger partial charge in [0.25, 0.3) is 0 Å². The summed E-state index contributed by atoms with van der Waals surface area (Å²) in [4.78, 5) is 26.7. The van der Waals surface area contributed by atoms with Crippen LogP contribution in [-0.4, -0.2) is 28.1 Å². The molecular weight excluding hydrogens is 424 g/mol.